The Morgan fingerprint density at radius 1 is 1.37 bits per heavy atom. The number of anilines is 1. The van der Waals surface area contributed by atoms with Crippen molar-refractivity contribution in [2.45, 2.75) is 0 Å². The number of hydrogen-bond acceptors (Lipinski definition) is 4. The fourth-order valence-electron chi connectivity index (χ4n) is 1.30. The Hall–Kier alpha value is -0.740. The van der Waals surface area contributed by atoms with Gasteiger partial charge in [-0.2, -0.15) is 0 Å². The van der Waals surface area contributed by atoms with E-state index in [4.69, 9.17) is 0 Å². The third kappa shape index (κ3) is 3.63. The number of carbonyl (C=O) groups excluding carboxylic acids is 1. The number of benzene rings is 1. The van der Waals surface area contributed by atoms with Crippen LogP contribution in [0, 0.1) is 3.57 Å². The number of aromatic hydroxyl groups is 1. The summed E-state index contributed by atoms with van der Waals surface area (Å²) in [6.45, 7) is 0. The Labute approximate surface area is 139 Å². The average Bonchev–Trinajstić information content (AvgIpc) is 2.35. The van der Waals surface area contributed by atoms with Gasteiger partial charge < -0.3 is 10.4 Å². The topological polar surface area (TPSA) is 75.1 Å². The van der Waals surface area contributed by atoms with Crippen molar-refractivity contribution in [3.8, 4) is 5.75 Å². The summed E-state index contributed by atoms with van der Waals surface area (Å²) in [4.78, 5) is 20.1. The van der Waals surface area contributed by atoms with Gasteiger partial charge in [0.1, 0.15) is 15.0 Å². The Bertz CT molecular complexity index is 652. The van der Waals surface area contributed by atoms with Gasteiger partial charge in [0.05, 0.1) is 11.8 Å². The molecule has 2 rings (SSSR count). The quantitative estimate of drug-likeness (QED) is 0.621. The van der Waals surface area contributed by atoms with Crippen LogP contribution in [-0.2, 0) is 0 Å². The number of hydrogen-bond donors (Lipinski definition) is 2. The number of nitrogens with one attached hydrogen (secondary N) is 1. The molecule has 0 aliphatic heterocycles. The molecule has 0 radical (unpaired) electrons. The Kier molecular flexibility index (Phi) is 4.74. The molecular formula is C11H6Br2IN3O2. The van der Waals surface area contributed by atoms with Crippen molar-refractivity contribution in [3.05, 3.63) is 42.7 Å². The number of aromatic nitrogens is 2. The molecule has 1 aromatic carbocycles. The lowest BCUT2D eigenvalue weighted by Gasteiger charge is -2.07. The molecular weight excluding hydrogens is 493 g/mol. The van der Waals surface area contributed by atoms with Crippen LogP contribution in [0.5, 0.6) is 5.75 Å². The molecule has 0 saturated carbocycles. The summed E-state index contributed by atoms with van der Waals surface area (Å²) in [7, 11) is 0. The molecule has 1 aromatic heterocycles. The molecule has 0 fully saturated rings. The predicted molar refractivity (Wildman–Crippen MR) is 86.2 cm³/mol. The number of halogens is 3. The first-order valence-electron chi connectivity index (χ1n) is 4.95. The van der Waals surface area contributed by atoms with Gasteiger partial charge in [0.15, 0.2) is 5.82 Å². The maximum absolute atomic E-state index is 12.0. The monoisotopic (exact) mass is 497 g/mol. The van der Waals surface area contributed by atoms with Crippen LogP contribution in [0.1, 0.15) is 10.4 Å². The van der Waals surface area contributed by atoms with E-state index in [1.165, 1.54) is 12.3 Å². The minimum absolute atomic E-state index is 0.0842. The van der Waals surface area contributed by atoms with Gasteiger partial charge in [0.25, 0.3) is 5.91 Å². The number of nitrogens with zero attached hydrogens (tertiary/aromatic N) is 2. The van der Waals surface area contributed by atoms with E-state index in [1.54, 1.807) is 12.1 Å². The summed E-state index contributed by atoms with van der Waals surface area (Å²) in [6.07, 6.45) is 1.47. The van der Waals surface area contributed by atoms with E-state index < -0.39 is 5.91 Å². The highest BCUT2D eigenvalue weighted by Gasteiger charge is 2.14. The largest absolute Gasteiger partial charge is 0.507 e. The third-order valence-corrected chi connectivity index (χ3v) is 3.74. The van der Waals surface area contributed by atoms with Crippen LogP contribution in [0.15, 0.2) is 33.6 Å². The van der Waals surface area contributed by atoms with Crippen molar-refractivity contribution in [1.82, 2.24) is 9.97 Å². The molecule has 0 saturated heterocycles. The van der Waals surface area contributed by atoms with Crippen LogP contribution in [0.25, 0.3) is 0 Å². The van der Waals surface area contributed by atoms with Crippen molar-refractivity contribution in [2.75, 3.05) is 5.32 Å². The third-order valence-electron chi connectivity index (χ3n) is 2.14. The summed E-state index contributed by atoms with van der Waals surface area (Å²) in [6, 6.07) is 4.77. The highest BCUT2D eigenvalue weighted by molar-refractivity contribution is 14.1. The Morgan fingerprint density at radius 2 is 2.11 bits per heavy atom. The summed E-state index contributed by atoms with van der Waals surface area (Å²) in [5.41, 5.74) is 0.184. The van der Waals surface area contributed by atoms with Gasteiger partial charge in [0.2, 0.25) is 0 Å². The van der Waals surface area contributed by atoms with Crippen LogP contribution < -0.4 is 5.32 Å². The lowest BCUT2D eigenvalue weighted by Crippen LogP contribution is -2.14. The van der Waals surface area contributed by atoms with Crippen LogP contribution in [-0.4, -0.2) is 21.0 Å². The van der Waals surface area contributed by atoms with E-state index in [0.717, 1.165) is 3.57 Å². The molecule has 5 nitrogen and oxygen atoms in total. The zero-order valence-electron chi connectivity index (χ0n) is 9.19. The molecule has 1 amide bonds. The summed E-state index contributed by atoms with van der Waals surface area (Å²) < 4.78 is 1.80. The molecule has 0 bridgehead atoms. The standard InChI is InChI=1S/C11H6Br2IN3O2/c12-8-4-15-10(9(13)16-8)17-11(19)6-3-5(14)1-2-7(6)18/h1-4,18H,(H,15,17,19). The van der Waals surface area contributed by atoms with Crippen LogP contribution in [0.2, 0.25) is 0 Å². The van der Waals surface area contributed by atoms with Gasteiger partial charge >= 0.3 is 0 Å². The molecule has 1 heterocycles. The number of rotatable bonds is 2. The molecule has 19 heavy (non-hydrogen) atoms. The summed E-state index contributed by atoms with van der Waals surface area (Å²) >= 11 is 8.43. The molecule has 0 unspecified atom stereocenters. The first-order chi connectivity index (χ1) is 8.97. The van der Waals surface area contributed by atoms with E-state index in [9.17, 15) is 9.90 Å². The molecule has 2 aromatic rings. The van der Waals surface area contributed by atoms with Crippen LogP contribution >= 0.6 is 54.5 Å². The SMILES string of the molecule is O=C(Nc1ncc(Br)nc1Br)c1cc(I)ccc1O. The maximum Gasteiger partial charge on any atom is 0.260 e. The van der Waals surface area contributed by atoms with E-state index in [0.29, 0.717) is 9.21 Å². The first-order valence-corrected chi connectivity index (χ1v) is 7.62. The highest BCUT2D eigenvalue weighted by atomic mass is 127. The van der Waals surface area contributed by atoms with E-state index in [1.807, 2.05) is 0 Å². The second-order valence-electron chi connectivity index (χ2n) is 3.45. The van der Waals surface area contributed by atoms with Gasteiger partial charge in [-0.1, -0.05) is 0 Å². The van der Waals surface area contributed by atoms with Crippen molar-refractivity contribution in [3.63, 3.8) is 0 Å². The minimum Gasteiger partial charge on any atom is -0.507 e. The number of phenols is 1. The Morgan fingerprint density at radius 3 is 2.79 bits per heavy atom. The molecule has 0 aliphatic carbocycles. The van der Waals surface area contributed by atoms with E-state index in [-0.39, 0.29) is 17.1 Å². The fourth-order valence-corrected chi connectivity index (χ4v) is 2.70. The summed E-state index contributed by atoms with van der Waals surface area (Å²) in [5.74, 6) is -0.251. The first kappa shape index (κ1) is 14.7. The van der Waals surface area contributed by atoms with Gasteiger partial charge in [-0.25, -0.2) is 9.97 Å². The molecule has 2 N–H and O–H groups in total. The smallest absolute Gasteiger partial charge is 0.260 e. The van der Waals surface area contributed by atoms with Gasteiger partial charge in [-0.3, -0.25) is 4.79 Å². The van der Waals surface area contributed by atoms with Crippen molar-refractivity contribution in [2.24, 2.45) is 0 Å². The second-order valence-corrected chi connectivity index (χ2v) is 6.26. The predicted octanol–water partition coefficient (Wildman–Crippen LogP) is 3.56. The number of carbonyl (C=O) groups is 1. The van der Waals surface area contributed by atoms with Crippen molar-refractivity contribution >= 4 is 66.2 Å². The fraction of sp³-hybridized carbons (Fsp3) is 0. The zero-order chi connectivity index (χ0) is 14.0. The lowest BCUT2D eigenvalue weighted by molar-refractivity contribution is 0.102. The lowest BCUT2D eigenvalue weighted by atomic mass is 10.2. The van der Waals surface area contributed by atoms with Crippen molar-refractivity contribution < 1.29 is 9.90 Å². The van der Waals surface area contributed by atoms with Crippen LogP contribution in [0.4, 0.5) is 5.82 Å². The normalized spacial score (nSPS) is 10.3. The molecule has 98 valence electrons. The Balaban J connectivity index is 2.28. The number of phenolic OH excluding ortho intramolecular Hbond substituents is 1. The zero-order valence-corrected chi connectivity index (χ0v) is 14.5. The molecule has 0 aliphatic rings. The average molecular weight is 499 g/mol. The molecule has 0 spiro atoms. The maximum atomic E-state index is 12.0. The van der Waals surface area contributed by atoms with Gasteiger partial charge in [-0.15, -0.1) is 0 Å². The minimum atomic E-state index is -0.451. The van der Waals surface area contributed by atoms with Crippen molar-refractivity contribution in [1.29, 1.82) is 0 Å². The molecule has 8 heteroatoms. The van der Waals surface area contributed by atoms with E-state index >= 15 is 0 Å². The van der Waals surface area contributed by atoms with E-state index in [2.05, 4.69) is 69.7 Å². The van der Waals surface area contributed by atoms with Gasteiger partial charge in [-0.05, 0) is 72.6 Å². The van der Waals surface area contributed by atoms with Crippen LogP contribution in [0.3, 0.4) is 0 Å². The highest BCUT2D eigenvalue weighted by Crippen LogP contribution is 2.23. The van der Waals surface area contributed by atoms with Gasteiger partial charge in [0, 0.05) is 3.57 Å². The molecule has 0 atom stereocenters. The number of amides is 1. The summed E-state index contributed by atoms with van der Waals surface area (Å²) in [5, 5.41) is 12.3. The second kappa shape index (κ2) is 6.14.